The van der Waals surface area contributed by atoms with Crippen LogP contribution in [0.1, 0.15) is 13.8 Å². The predicted molar refractivity (Wildman–Crippen MR) is 62.2 cm³/mol. The van der Waals surface area contributed by atoms with Crippen molar-refractivity contribution < 1.29 is 9.59 Å². The van der Waals surface area contributed by atoms with E-state index in [9.17, 15) is 9.59 Å². The zero-order chi connectivity index (χ0) is 12.2. The van der Waals surface area contributed by atoms with Gasteiger partial charge in [-0.25, -0.2) is 0 Å². The van der Waals surface area contributed by atoms with Gasteiger partial charge in [-0.15, -0.1) is 0 Å². The summed E-state index contributed by atoms with van der Waals surface area (Å²) in [5, 5.41) is 2.54. The number of likely N-dealkylation sites (N-methyl/N-ethyl adjacent to an activating group) is 1. The van der Waals surface area contributed by atoms with Gasteiger partial charge in [-0.3, -0.25) is 9.59 Å². The number of hydrogen-bond donors (Lipinski definition) is 2. The minimum atomic E-state index is -0.565. The molecule has 0 aromatic heterocycles. The van der Waals surface area contributed by atoms with E-state index >= 15 is 0 Å². The molecule has 86 valence electrons. The van der Waals surface area contributed by atoms with Crippen LogP contribution >= 0.6 is 12.2 Å². The maximum atomic E-state index is 11.5. The summed E-state index contributed by atoms with van der Waals surface area (Å²) in [5.74, 6) is -1.05. The molecule has 2 unspecified atom stereocenters. The van der Waals surface area contributed by atoms with E-state index < -0.39 is 12.0 Å². The summed E-state index contributed by atoms with van der Waals surface area (Å²) >= 11 is 4.69. The SMILES string of the molecule is CC(NC(=O)C(C)C(N)=S)C(=O)N(C)C. The van der Waals surface area contributed by atoms with E-state index in [0.717, 1.165) is 0 Å². The van der Waals surface area contributed by atoms with Crippen molar-refractivity contribution in [1.82, 2.24) is 10.2 Å². The van der Waals surface area contributed by atoms with Crippen molar-refractivity contribution in [3.05, 3.63) is 0 Å². The largest absolute Gasteiger partial charge is 0.393 e. The Hall–Kier alpha value is -1.17. The van der Waals surface area contributed by atoms with Gasteiger partial charge in [-0.05, 0) is 13.8 Å². The first kappa shape index (κ1) is 13.8. The molecular formula is C9H17N3O2S. The van der Waals surface area contributed by atoms with Crippen molar-refractivity contribution in [3.63, 3.8) is 0 Å². The van der Waals surface area contributed by atoms with Crippen LogP contribution in [0.25, 0.3) is 0 Å². The summed E-state index contributed by atoms with van der Waals surface area (Å²) in [4.78, 5) is 24.4. The smallest absolute Gasteiger partial charge is 0.244 e. The summed E-state index contributed by atoms with van der Waals surface area (Å²) in [6, 6.07) is -0.565. The van der Waals surface area contributed by atoms with Crippen molar-refractivity contribution in [3.8, 4) is 0 Å². The summed E-state index contributed by atoms with van der Waals surface area (Å²) in [6.45, 7) is 3.22. The molecule has 0 fully saturated rings. The van der Waals surface area contributed by atoms with E-state index in [1.54, 1.807) is 27.9 Å². The normalized spacial score (nSPS) is 13.9. The number of amides is 2. The number of hydrogen-bond acceptors (Lipinski definition) is 3. The van der Waals surface area contributed by atoms with Crippen molar-refractivity contribution in [1.29, 1.82) is 0 Å². The quantitative estimate of drug-likeness (QED) is 0.640. The molecule has 0 aromatic carbocycles. The molecule has 0 saturated carbocycles. The van der Waals surface area contributed by atoms with Crippen LogP contribution in [-0.4, -0.2) is 41.8 Å². The molecule has 6 heteroatoms. The number of carbonyl (C=O) groups is 2. The van der Waals surface area contributed by atoms with Gasteiger partial charge in [0, 0.05) is 14.1 Å². The summed E-state index contributed by atoms with van der Waals surface area (Å²) in [7, 11) is 3.25. The lowest BCUT2D eigenvalue weighted by Crippen LogP contribution is -2.47. The van der Waals surface area contributed by atoms with E-state index in [4.69, 9.17) is 5.73 Å². The Labute approximate surface area is 95.0 Å². The molecule has 0 heterocycles. The molecular weight excluding hydrogens is 214 g/mol. The summed E-state index contributed by atoms with van der Waals surface area (Å²) in [6.07, 6.45) is 0. The van der Waals surface area contributed by atoms with Crippen LogP contribution < -0.4 is 11.1 Å². The van der Waals surface area contributed by atoms with E-state index in [2.05, 4.69) is 17.5 Å². The molecule has 0 aliphatic carbocycles. The minimum absolute atomic E-state index is 0.122. The fourth-order valence-corrected chi connectivity index (χ4v) is 1.02. The van der Waals surface area contributed by atoms with Gasteiger partial charge in [0.25, 0.3) is 0 Å². The number of thiocarbonyl (C=S) groups is 1. The predicted octanol–water partition coefficient (Wildman–Crippen LogP) is -0.498. The highest BCUT2D eigenvalue weighted by atomic mass is 32.1. The second kappa shape index (κ2) is 5.65. The first-order valence-corrected chi connectivity index (χ1v) is 4.99. The van der Waals surface area contributed by atoms with Crippen molar-refractivity contribution in [2.45, 2.75) is 19.9 Å². The van der Waals surface area contributed by atoms with Gasteiger partial charge < -0.3 is 16.0 Å². The third kappa shape index (κ3) is 4.24. The third-order valence-corrected chi connectivity index (χ3v) is 2.34. The Bertz CT molecular complexity index is 279. The second-order valence-electron chi connectivity index (χ2n) is 3.59. The summed E-state index contributed by atoms with van der Waals surface area (Å²) < 4.78 is 0. The van der Waals surface area contributed by atoms with E-state index in [0.29, 0.717) is 0 Å². The average Bonchev–Trinajstić information content (AvgIpc) is 2.14. The van der Waals surface area contributed by atoms with Gasteiger partial charge in [-0.2, -0.15) is 0 Å². The van der Waals surface area contributed by atoms with Gasteiger partial charge >= 0.3 is 0 Å². The van der Waals surface area contributed by atoms with Crippen LogP contribution in [0.15, 0.2) is 0 Å². The van der Waals surface area contributed by atoms with Gasteiger partial charge in [0.15, 0.2) is 0 Å². The highest BCUT2D eigenvalue weighted by Crippen LogP contribution is 1.97. The molecule has 3 N–H and O–H groups in total. The molecule has 0 spiro atoms. The van der Waals surface area contributed by atoms with Gasteiger partial charge in [0.2, 0.25) is 11.8 Å². The van der Waals surface area contributed by atoms with Gasteiger partial charge in [0.1, 0.15) is 6.04 Å². The van der Waals surface area contributed by atoms with Crippen LogP contribution in [0, 0.1) is 5.92 Å². The number of nitrogens with zero attached hydrogens (tertiary/aromatic N) is 1. The standard InChI is InChI=1S/C9H17N3O2S/c1-5(7(10)15)8(13)11-6(2)9(14)12(3)4/h5-6H,1-4H3,(H2,10,15)(H,11,13). The second-order valence-corrected chi connectivity index (χ2v) is 4.06. The molecule has 0 aliphatic rings. The van der Waals surface area contributed by atoms with Crippen molar-refractivity contribution in [2.24, 2.45) is 11.7 Å². The van der Waals surface area contributed by atoms with Crippen LogP contribution in [0.2, 0.25) is 0 Å². The minimum Gasteiger partial charge on any atom is -0.393 e. The lowest BCUT2D eigenvalue weighted by atomic mass is 10.1. The van der Waals surface area contributed by atoms with Gasteiger partial charge in [-0.1, -0.05) is 12.2 Å². The Balaban J connectivity index is 4.30. The Kier molecular flexibility index (Phi) is 5.21. The third-order valence-electron chi connectivity index (χ3n) is 1.99. The molecule has 0 rings (SSSR count). The van der Waals surface area contributed by atoms with Crippen molar-refractivity contribution in [2.75, 3.05) is 14.1 Å². The van der Waals surface area contributed by atoms with Crippen LogP contribution in [-0.2, 0) is 9.59 Å². The zero-order valence-corrected chi connectivity index (χ0v) is 10.2. The van der Waals surface area contributed by atoms with Crippen LogP contribution in [0.3, 0.4) is 0 Å². The molecule has 5 nitrogen and oxygen atoms in total. The van der Waals surface area contributed by atoms with Crippen LogP contribution in [0.5, 0.6) is 0 Å². The van der Waals surface area contributed by atoms with E-state index in [1.807, 2.05) is 0 Å². The maximum absolute atomic E-state index is 11.5. The molecule has 0 saturated heterocycles. The van der Waals surface area contributed by atoms with E-state index in [-0.39, 0.29) is 16.8 Å². The Morgan fingerprint density at radius 1 is 1.33 bits per heavy atom. The molecule has 0 aliphatic heterocycles. The zero-order valence-electron chi connectivity index (χ0n) is 9.40. The maximum Gasteiger partial charge on any atom is 0.244 e. The first-order valence-electron chi connectivity index (χ1n) is 4.58. The highest BCUT2D eigenvalue weighted by molar-refractivity contribution is 7.80. The molecule has 0 bridgehead atoms. The Morgan fingerprint density at radius 3 is 2.13 bits per heavy atom. The average molecular weight is 231 g/mol. The van der Waals surface area contributed by atoms with Crippen molar-refractivity contribution >= 4 is 29.0 Å². The fourth-order valence-electron chi connectivity index (χ4n) is 0.917. The number of rotatable bonds is 4. The molecule has 0 radical (unpaired) electrons. The number of nitrogens with one attached hydrogen (secondary N) is 1. The summed E-state index contributed by atoms with van der Waals surface area (Å²) in [5.41, 5.74) is 5.32. The molecule has 2 atom stereocenters. The first-order chi connectivity index (χ1) is 6.77. The molecule has 2 amide bonds. The molecule has 0 aromatic rings. The fraction of sp³-hybridized carbons (Fsp3) is 0.667. The molecule has 15 heavy (non-hydrogen) atoms. The number of nitrogens with two attached hydrogens (primary N) is 1. The monoisotopic (exact) mass is 231 g/mol. The van der Waals surface area contributed by atoms with Gasteiger partial charge in [0.05, 0.1) is 10.9 Å². The number of carbonyl (C=O) groups excluding carboxylic acids is 2. The Morgan fingerprint density at radius 2 is 1.80 bits per heavy atom. The van der Waals surface area contributed by atoms with E-state index in [1.165, 1.54) is 4.90 Å². The lowest BCUT2D eigenvalue weighted by molar-refractivity contribution is -0.134. The lowest BCUT2D eigenvalue weighted by Gasteiger charge is -2.19. The topological polar surface area (TPSA) is 75.4 Å². The van der Waals surface area contributed by atoms with Crippen LogP contribution in [0.4, 0.5) is 0 Å². The highest BCUT2D eigenvalue weighted by Gasteiger charge is 2.21.